The minimum Gasteiger partial charge on any atom is -0.478 e. The first-order valence-corrected chi connectivity index (χ1v) is 6.95. The number of aromatic nitrogens is 1. The molecule has 2 N–H and O–H groups in total. The Balaban J connectivity index is 2.29. The van der Waals surface area contributed by atoms with Crippen molar-refractivity contribution in [2.75, 3.05) is 4.72 Å². The summed E-state index contributed by atoms with van der Waals surface area (Å²) in [5, 5.41) is 8.24. The van der Waals surface area contributed by atoms with Gasteiger partial charge in [0, 0.05) is 12.3 Å². The van der Waals surface area contributed by atoms with Crippen molar-refractivity contribution in [3.8, 4) is 0 Å². The number of nitrogens with one attached hydrogen (secondary N) is 1. The standard InChI is InChI=1S/C12H8F2N2O4S/c13-9-3-2-8(5-10(9)14)16-21(19,20)11-4-1-7(6-15-11)12(17)18/h1-6,16H,(H,17,18). The predicted molar refractivity (Wildman–Crippen MR) is 68.4 cm³/mol. The summed E-state index contributed by atoms with van der Waals surface area (Å²) in [5.41, 5.74) is -0.361. The Kier molecular flexibility index (Phi) is 3.85. The van der Waals surface area contributed by atoms with Gasteiger partial charge in [0.05, 0.1) is 11.3 Å². The number of halogens is 2. The first kappa shape index (κ1) is 14.9. The highest BCUT2D eigenvalue weighted by atomic mass is 32.2. The van der Waals surface area contributed by atoms with Gasteiger partial charge in [-0.05, 0) is 24.3 Å². The first-order valence-electron chi connectivity index (χ1n) is 5.47. The fourth-order valence-electron chi connectivity index (χ4n) is 1.43. The molecule has 110 valence electrons. The van der Waals surface area contributed by atoms with Crippen molar-refractivity contribution in [3.05, 3.63) is 53.7 Å². The number of carboxylic acids is 1. The Bertz CT molecular complexity index is 791. The molecule has 1 aromatic heterocycles. The van der Waals surface area contributed by atoms with Crippen LogP contribution in [0.1, 0.15) is 10.4 Å². The van der Waals surface area contributed by atoms with Gasteiger partial charge >= 0.3 is 5.97 Å². The number of rotatable bonds is 4. The van der Waals surface area contributed by atoms with Gasteiger partial charge in [-0.25, -0.2) is 18.6 Å². The predicted octanol–water partition coefficient (Wildman–Crippen LogP) is 1.86. The van der Waals surface area contributed by atoms with Gasteiger partial charge in [-0.1, -0.05) is 0 Å². The number of pyridine rings is 1. The van der Waals surface area contributed by atoms with Crippen molar-refractivity contribution < 1.29 is 27.1 Å². The monoisotopic (exact) mass is 314 g/mol. The number of aromatic carboxylic acids is 1. The molecule has 0 aliphatic heterocycles. The van der Waals surface area contributed by atoms with E-state index in [1.165, 1.54) is 0 Å². The summed E-state index contributed by atoms with van der Waals surface area (Å²) in [7, 11) is -4.13. The van der Waals surface area contributed by atoms with Crippen LogP contribution in [0.4, 0.5) is 14.5 Å². The Labute approximate surface area is 118 Å². The molecule has 0 saturated heterocycles. The lowest BCUT2D eigenvalue weighted by molar-refractivity contribution is 0.0696. The summed E-state index contributed by atoms with van der Waals surface area (Å²) in [6.07, 6.45) is 0.877. The molecule has 0 unspecified atom stereocenters. The third-order valence-corrected chi connectivity index (χ3v) is 3.73. The van der Waals surface area contributed by atoms with Crippen molar-refractivity contribution in [2.24, 2.45) is 0 Å². The van der Waals surface area contributed by atoms with Crippen LogP contribution in [0.5, 0.6) is 0 Å². The van der Waals surface area contributed by atoms with Crippen LogP contribution in [0, 0.1) is 11.6 Å². The second-order valence-electron chi connectivity index (χ2n) is 3.92. The molecule has 0 aliphatic rings. The van der Waals surface area contributed by atoms with Crippen LogP contribution in [0.2, 0.25) is 0 Å². The zero-order valence-electron chi connectivity index (χ0n) is 10.2. The normalized spacial score (nSPS) is 11.1. The Morgan fingerprint density at radius 1 is 1.14 bits per heavy atom. The van der Waals surface area contributed by atoms with Crippen molar-refractivity contribution in [2.45, 2.75) is 5.03 Å². The van der Waals surface area contributed by atoms with Crippen LogP contribution in [-0.2, 0) is 10.0 Å². The molecule has 6 nitrogen and oxygen atoms in total. The fourth-order valence-corrected chi connectivity index (χ4v) is 2.41. The van der Waals surface area contributed by atoms with E-state index in [-0.39, 0.29) is 11.3 Å². The highest BCUT2D eigenvalue weighted by molar-refractivity contribution is 7.92. The molecule has 0 saturated carbocycles. The second kappa shape index (κ2) is 5.44. The summed E-state index contributed by atoms with van der Waals surface area (Å²) in [4.78, 5) is 14.1. The largest absolute Gasteiger partial charge is 0.478 e. The minimum absolute atomic E-state index is 0.179. The Morgan fingerprint density at radius 3 is 2.38 bits per heavy atom. The van der Waals surface area contributed by atoms with Crippen molar-refractivity contribution in [3.63, 3.8) is 0 Å². The maximum absolute atomic E-state index is 13.0. The third kappa shape index (κ3) is 3.31. The number of hydrogen-bond donors (Lipinski definition) is 2. The molecule has 1 aromatic carbocycles. The molecule has 2 aromatic rings. The van der Waals surface area contributed by atoms with E-state index < -0.39 is 32.7 Å². The molecule has 0 fully saturated rings. The number of sulfonamides is 1. The number of anilines is 1. The van der Waals surface area contributed by atoms with E-state index in [4.69, 9.17) is 5.11 Å². The van der Waals surface area contributed by atoms with E-state index in [0.29, 0.717) is 6.07 Å². The van der Waals surface area contributed by atoms with E-state index in [0.717, 1.165) is 30.5 Å². The van der Waals surface area contributed by atoms with Crippen LogP contribution >= 0.6 is 0 Å². The highest BCUT2D eigenvalue weighted by Crippen LogP contribution is 2.17. The molecular formula is C12H8F2N2O4S. The molecule has 0 amide bonds. The fraction of sp³-hybridized carbons (Fsp3) is 0. The lowest BCUT2D eigenvalue weighted by Crippen LogP contribution is -2.15. The average Bonchev–Trinajstić information content (AvgIpc) is 2.43. The Hall–Kier alpha value is -2.55. The zero-order valence-corrected chi connectivity index (χ0v) is 11.1. The van der Waals surface area contributed by atoms with Crippen LogP contribution in [0.15, 0.2) is 41.6 Å². The Morgan fingerprint density at radius 2 is 1.86 bits per heavy atom. The maximum Gasteiger partial charge on any atom is 0.337 e. The van der Waals surface area contributed by atoms with Crippen LogP contribution in [0.3, 0.4) is 0 Å². The van der Waals surface area contributed by atoms with E-state index in [9.17, 15) is 22.0 Å². The molecular weight excluding hydrogens is 306 g/mol. The van der Waals surface area contributed by atoms with Gasteiger partial charge in [-0.2, -0.15) is 8.42 Å². The molecule has 0 spiro atoms. The molecule has 21 heavy (non-hydrogen) atoms. The average molecular weight is 314 g/mol. The third-order valence-electron chi connectivity index (χ3n) is 2.43. The van der Waals surface area contributed by atoms with E-state index in [1.807, 2.05) is 4.72 Å². The highest BCUT2D eigenvalue weighted by Gasteiger charge is 2.17. The first-order chi connectivity index (χ1) is 9.79. The molecule has 2 rings (SSSR count). The summed E-state index contributed by atoms with van der Waals surface area (Å²) < 4.78 is 51.7. The van der Waals surface area contributed by atoms with Gasteiger partial charge in [0.2, 0.25) is 0 Å². The van der Waals surface area contributed by atoms with Crippen LogP contribution in [0.25, 0.3) is 0 Å². The number of nitrogens with zero attached hydrogens (tertiary/aromatic N) is 1. The number of carbonyl (C=O) groups is 1. The molecule has 0 bridgehead atoms. The van der Waals surface area contributed by atoms with Gasteiger partial charge in [0.25, 0.3) is 10.0 Å². The van der Waals surface area contributed by atoms with Crippen molar-refractivity contribution in [1.29, 1.82) is 0 Å². The quantitative estimate of drug-likeness (QED) is 0.898. The topological polar surface area (TPSA) is 96.4 Å². The lowest BCUT2D eigenvalue weighted by Gasteiger charge is -2.07. The number of carboxylic acid groups (broad SMARTS) is 1. The van der Waals surface area contributed by atoms with Gasteiger partial charge < -0.3 is 5.11 Å². The summed E-state index contributed by atoms with van der Waals surface area (Å²) in [5.74, 6) is -3.56. The molecule has 9 heteroatoms. The second-order valence-corrected chi connectivity index (χ2v) is 5.55. The van der Waals surface area contributed by atoms with Crippen molar-refractivity contribution >= 4 is 21.7 Å². The number of benzene rings is 1. The molecule has 0 aliphatic carbocycles. The van der Waals surface area contributed by atoms with Crippen LogP contribution < -0.4 is 4.72 Å². The molecule has 1 heterocycles. The summed E-state index contributed by atoms with van der Waals surface area (Å²) in [6.45, 7) is 0. The zero-order chi connectivity index (χ0) is 15.6. The molecule has 0 radical (unpaired) electrons. The smallest absolute Gasteiger partial charge is 0.337 e. The maximum atomic E-state index is 13.0. The van der Waals surface area contributed by atoms with E-state index >= 15 is 0 Å². The van der Waals surface area contributed by atoms with Gasteiger partial charge in [-0.15, -0.1) is 0 Å². The van der Waals surface area contributed by atoms with Gasteiger partial charge in [0.1, 0.15) is 0 Å². The SMILES string of the molecule is O=C(O)c1ccc(S(=O)(=O)Nc2ccc(F)c(F)c2)nc1. The van der Waals surface area contributed by atoms with E-state index in [1.54, 1.807) is 0 Å². The summed E-state index contributed by atoms with van der Waals surface area (Å²) >= 11 is 0. The lowest BCUT2D eigenvalue weighted by atomic mass is 10.3. The number of hydrogen-bond acceptors (Lipinski definition) is 4. The van der Waals surface area contributed by atoms with Crippen molar-refractivity contribution in [1.82, 2.24) is 4.98 Å². The summed E-state index contributed by atoms with van der Waals surface area (Å²) in [6, 6.07) is 4.55. The van der Waals surface area contributed by atoms with E-state index in [2.05, 4.69) is 4.98 Å². The van der Waals surface area contributed by atoms with Gasteiger partial charge in [0.15, 0.2) is 16.7 Å². The minimum atomic E-state index is -4.13. The van der Waals surface area contributed by atoms with Gasteiger partial charge in [-0.3, -0.25) is 4.72 Å². The molecule has 0 atom stereocenters. The van der Waals surface area contributed by atoms with Crippen LogP contribution in [-0.4, -0.2) is 24.5 Å².